The maximum Gasteiger partial charge on any atom is 0.261 e. The summed E-state index contributed by atoms with van der Waals surface area (Å²) in [4.78, 5) is 56.1. The van der Waals surface area contributed by atoms with Crippen LogP contribution in [0.4, 0.5) is 0 Å². The van der Waals surface area contributed by atoms with E-state index >= 15 is 0 Å². The van der Waals surface area contributed by atoms with Gasteiger partial charge in [-0.3, -0.25) is 29.0 Å². The average Bonchev–Trinajstić information content (AvgIpc) is 3.30. The third kappa shape index (κ3) is 4.26. The molecule has 0 radical (unpaired) electrons. The van der Waals surface area contributed by atoms with E-state index in [0.717, 1.165) is 38.5 Å². The summed E-state index contributed by atoms with van der Waals surface area (Å²) in [6.45, 7) is 8.58. The summed E-state index contributed by atoms with van der Waals surface area (Å²) >= 11 is 0. The van der Waals surface area contributed by atoms with Crippen molar-refractivity contribution < 1.29 is 23.9 Å². The maximum atomic E-state index is 13.4. The smallest absolute Gasteiger partial charge is 0.261 e. The van der Waals surface area contributed by atoms with Gasteiger partial charge in [-0.1, -0.05) is 40.5 Å². The molecule has 6 rings (SSSR count). The van der Waals surface area contributed by atoms with E-state index in [4.69, 9.17) is 4.74 Å². The Hall–Kier alpha value is -3.48. The fourth-order valence-corrected chi connectivity index (χ4v) is 7.07. The molecule has 2 aromatic carbocycles. The van der Waals surface area contributed by atoms with Gasteiger partial charge in [0.25, 0.3) is 23.6 Å². The first-order valence-corrected chi connectivity index (χ1v) is 14.4. The van der Waals surface area contributed by atoms with Crippen molar-refractivity contribution in [2.75, 3.05) is 0 Å². The first-order valence-electron chi connectivity index (χ1n) is 14.4. The molecule has 4 aliphatic rings. The molecule has 0 spiro atoms. The van der Waals surface area contributed by atoms with Crippen molar-refractivity contribution in [3.8, 4) is 11.5 Å². The number of carbonyl (C=O) groups is 4. The van der Waals surface area contributed by atoms with Gasteiger partial charge in [0, 0.05) is 12.1 Å². The lowest BCUT2D eigenvalue weighted by Gasteiger charge is -2.37. The highest BCUT2D eigenvalue weighted by atomic mass is 16.5. The molecule has 204 valence electrons. The molecule has 2 aliphatic heterocycles. The second-order valence-corrected chi connectivity index (χ2v) is 12.4. The Bertz CT molecular complexity index is 1280. The Labute approximate surface area is 229 Å². The molecular weight excluding hydrogens is 492 g/mol. The molecule has 6 unspecified atom stereocenters. The van der Waals surface area contributed by atoms with Crippen LogP contribution in [0.1, 0.15) is 108 Å². The predicted octanol–water partition coefficient (Wildman–Crippen LogP) is 6.32. The van der Waals surface area contributed by atoms with Crippen molar-refractivity contribution in [3.63, 3.8) is 0 Å². The van der Waals surface area contributed by atoms with E-state index in [1.807, 2.05) is 0 Å². The summed E-state index contributed by atoms with van der Waals surface area (Å²) in [6.07, 6.45) is 5.89. The number of nitrogens with zero attached hydrogens (tertiary/aromatic N) is 2. The molecule has 7 nitrogen and oxygen atoms in total. The van der Waals surface area contributed by atoms with Crippen molar-refractivity contribution in [2.45, 2.75) is 78.3 Å². The van der Waals surface area contributed by atoms with E-state index in [1.165, 1.54) is 9.80 Å². The topological polar surface area (TPSA) is 84.0 Å². The molecular formula is C32H36N2O5. The van der Waals surface area contributed by atoms with Gasteiger partial charge in [0.15, 0.2) is 0 Å². The third-order valence-electron chi connectivity index (χ3n) is 9.51. The number of fused-ring (bicyclic) bond motifs is 2. The summed E-state index contributed by atoms with van der Waals surface area (Å²) < 4.78 is 6.07. The molecule has 2 aromatic rings. The van der Waals surface area contributed by atoms with E-state index in [1.54, 1.807) is 36.4 Å². The largest absolute Gasteiger partial charge is 0.457 e. The van der Waals surface area contributed by atoms with Crippen molar-refractivity contribution in [2.24, 2.45) is 23.7 Å². The van der Waals surface area contributed by atoms with Gasteiger partial charge in [-0.2, -0.15) is 0 Å². The van der Waals surface area contributed by atoms with Gasteiger partial charge in [0.1, 0.15) is 11.5 Å². The Morgan fingerprint density at radius 1 is 0.564 bits per heavy atom. The lowest BCUT2D eigenvalue weighted by atomic mass is 9.79. The average molecular weight is 529 g/mol. The number of carbonyl (C=O) groups excluding carboxylic acids is 4. The van der Waals surface area contributed by atoms with E-state index in [2.05, 4.69) is 27.7 Å². The van der Waals surface area contributed by atoms with Crippen LogP contribution in [0.25, 0.3) is 0 Å². The fourth-order valence-electron chi connectivity index (χ4n) is 7.07. The van der Waals surface area contributed by atoms with Crippen LogP contribution in [0.2, 0.25) is 0 Å². The quantitative estimate of drug-likeness (QED) is 0.434. The molecule has 7 heteroatoms. The first kappa shape index (κ1) is 25.8. The number of hydrogen-bond acceptors (Lipinski definition) is 5. The number of amides is 4. The zero-order chi connectivity index (χ0) is 27.6. The van der Waals surface area contributed by atoms with Gasteiger partial charge in [0.05, 0.1) is 22.3 Å². The van der Waals surface area contributed by atoms with Crippen molar-refractivity contribution in [3.05, 3.63) is 58.7 Å². The number of rotatable bonds is 4. The normalized spacial score (nSPS) is 30.6. The second-order valence-electron chi connectivity index (χ2n) is 12.4. The zero-order valence-corrected chi connectivity index (χ0v) is 23.1. The van der Waals surface area contributed by atoms with Crippen molar-refractivity contribution in [1.82, 2.24) is 9.80 Å². The fraction of sp³-hybridized carbons (Fsp3) is 0.500. The highest BCUT2D eigenvalue weighted by Crippen LogP contribution is 2.40. The highest BCUT2D eigenvalue weighted by Gasteiger charge is 2.45. The molecule has 0 aromatic heterocycles. The summed E-state index contributed by atoms with van der Waals surface area (Å²) in [5.41, 5.74) is 1.50. The maximum absolute atomic E-state index is 13.4. The summed E-state index contributed by atoms with van der Waals surface area (Å²) in [5, 5.41) is 0. The number of hydrogen-bond donors (Lipinski definition) is 0. The molecule has 2 fully saturated rings. The molecule has 4 amide bonds. The second kappa shape index (κ2) is 9.61. The molecule has 2 heterocycles. The Morgan fingerprint density at radius 2 is 0.949 bits per heavy atom. The first-order chi connectivity index (χ1) is 18.6. The Balaban J connectivity index is 1.23. The van der Waals surface area contributed by atoms with Crippen LogP contribution in [-0.4, -0.2) is 45.5 Å². The van der Waals surface area contributed by atoms with Gasteiger partial charge in [0.2, 0.25) is 0 Å². The standard InChI is InChI=1S/C32H36N2O5/c1-17-5-7-19(3)27(13-17)33-29(35)23-11-9-21(15-25(23)31(33)37)39-22-10-12-24-26(16-22)32(38)34(30(24)36)28-14-18(2)6-8-20(28)4/h9-12,15-20,27-28H,5-8,13-14H2,1-4H3. The van der Waals surface area contributed by atoms with Crippen molar-refractivity contribution in [1.29, 1.82) is 0 Å². The van der Waals surface area contributed by atoms with Crippen LogP contribution >= 0.6 is 0 Å². The Kier molecular flexibility index (Phi) is 6.35. The van der Waals surface area contributed by atoms with E-state index in [-0.39, 0.29) is 47.5 Å². The summed E-state index contributed by atoms with van der Waals surface area (Å²) in [5.74, 6) is 1.29. The van der Waals surface area contributed by atoms with Crippen LogP contribution in [-0.2, 0) is 0 Å². The van der Waals surface area contributed by atoms with Crippen LogP contribution in [0, 0.1) is 23.7 Å². The Morgan fingerprint density at radius 3 is 1.36 bits per heavy atom. The summed E-state index contributed by atoms with van der Waals surface area (Å²) in [6, 6.07) is 9.70. The minimum Gasteiger partial charge on any atom is -0.457 e. The monoisotopic (exact) mass is 528 g/mol. The van der Waals surface area contributed by atoms with Crippen LogP contribution in [0.5, 0.6) is 11.5 Å². The van der Waals surface area contributed by atoms with Gasteiger partial charge in [-0.25, -0.2) is 0 Å². The summed E-state index contributed by atoms with van der Waals surface area (Å²) in [7, 11) is 0. The van der Waals surface area contributed by atoms with Gasteiger partial charge in [-0.05, 0) is 85.8 Å². The molecule has 39 heavy (non-hydrogen) atoms. The SMILES string of the molecule is CC1CCC(C)C(N2C(=O)c3ccc(Oc4ccc5c(c4)C(=O)N(C4CC(C)CCC4C)C5=O)cc3C2=O)C1. The molecule has 2 aliphatic carbocycles. The van der Waals surface area contributed by atoms with Crippen LogP contribution in [0.3, 0.4) is 0 Å². The molecule has 0 saturated heterocycles. The highest BCUT2D eigenvalue weighted by molar-refractivity contribution is 6.22. The lowest BCUT2D eigenvalue weighted by Crippen LogP contribution is -2.46. The molecule has 0 N–H and O–H groups in total. The molecule has 6 atom stereocenters. The van der Waals surface area contributed by atoms with Crippen LogP contribution in [0.15, 0.2) is 36.4 Å². The van der Waals surface area contributed by atoms with Crippen LogP contribution < -0.4 is 4.74 Å². The predicted molar refractivity (Wildman–Crippen MR) is 146 cm³/mol. The minimum absolute atomic E-state index is 0.0939. The van der Waals surface area contributed by atoms with Crippen molar-refractivity contribution >= 4 is 23.6 Å². The van der Waals surface area contributed by atoms with E-state index in [9.17, 15) is 19.2 Å². The third-order valence-corrected chi connectivity index (χ3v) is 9.51. The van der Waals surface area contributed by atoms with E-state index in [0.29, 0.717) is 45.6 Å². The van der Waals surface area contributed by atoms with E-state index < -0.39 is 0 Å². The minimum atomic E-state index is -0.271. The number of ether oxygens (including phenoxy) is 1. The lowest BCUT2D eigenvalue weighted by molar-refractivity contribution is 0.0435. The van der Waals surface area contributed by atoms with Gasteiger partial charge in [-0.15, -0.1) is 0 Å². The zero-order valence-electron chi connectivity index (χ0n) is 23.1. The molecule has 2 saturated carbocycles. The number of benzene rings is 2. The van der Waals surface area contributed by atoms with Gasteiger partial charge >= 0.3 is 0 Å². The number of imide groups is 2. The van der Waals surface area contributed by atoms with Gasteiger partial charge < -0.3 is 4.74 Å². The molecule has 0 bridgehead atoms.